The van der Waals surface area contributed by atoms with Gasteiger partial charge in [-0.05, 0) is 45.7 Å². The van der Waals surface area contributed by atoms with E-state index in [2.05, 4.69) is 22.2 Å². The summed E-state index contributed by atoms with van der Waals surface area (Å²) in [5, 5.41) is 3.61. The molecule has 2 unspecified atom stereocenters. The first-order chi connectivity index (χ1) is 9.76. The van der Waals surface area contributed by atoms with Crippen LogP contribution in [0.3, 0.4) is 0 Å². The standard InChI is InChI=1S/C16H25N3O/c1-3-20-16-9-5-8-15(18-16)17-12-10-13-6-4-7-14(11-12)19(13)2/h5,8-9,12-14H,3-4,6-7,10-11H2,1-2H3,(H,17,18). The van der Waals surface area contributed by atoms with Crippen LogP contribution >= 0.6 is 0 Å². The van der Waals surface area contributed by atoms with Gasteiger partial charge in [-0.15, -0.1) is 0 Å². The van der Waals surface area contributed by atoms with E-state index in [1.165, 1.54) is 32.1 Å². The normalized spacial score (nSPS) is 30.0. The van der Waals surface area contributed by atoms with E-state index in [0.717, 1.165) is 17.9 Å². The van der Waals surface area contributed by atoms with Crippen LogP contribution in [0.15, 0.2) is 18.2 Å². The van der Waals surface area contributed by atoms with Gasteiger partial charge in [-0.2, -0.15) is 4.98 Å². The highest BCUT2D eigenvalue weighted by molar-refractivity contribution is 5.38. The number of nitrogens with one attached hydrogen (secondary N) is 1. The molecule has 2 bridgehead atoms. The molecule has 4 heteroatoms. The van der Waals surface area contributed by atoms with E-state index >= 15 is 0 Å². The molecule has 4 nitrogen and oxygen atoms in total. The maximum atomic E-state index is 5.47. The highest BCUT2D eigenvalue weighted by Crippen LogP contribution is 2.33. The Kier molecular flexibility index (Phi) is 4.10. The minimum atomic E-state index is 0.547. The molecule has 2 fully saturated rings. The number of hydrogen-bond donors (Lipinski definition) is 1. The molecular formula is C16H25N3O. The Balaban J connectivity index is 1.64. The Bertz CT molecular complexity index is 437. The number of aromatic nitrogens is 1. The molecule has 2 aliphatic heterocycles. The first-order valence-electron chi connectivity index (χ1n) is 7.84. The number of nitrogens with zero attached hydrogens (tertiary/aromatic N) is 2. The molecule has 0 amide bonds. The van der Waals surface area contributed by atoms with Gasteiger partial charge in [-0.1, -0.05) is 12.5 Å². The fourth-order valence-electron chi connectivity index (χ4n) is 3.67. The van der Waals surface area contributed by atoms with Gasteiger partial charge in [0.25, 0.3) is 0 Å². The van der Waals surface area contributed by atoms with Crippen LogP contribution in [0.2, 0.25) is 0 Å². The van der Waals surface area contributed by atoms with Crippen molar-refractivity contribution in [3.05, 3.63) is 18.2 Å². The van der Waals surface area contributed by atoms with Crippen LogP contribution in [0.25, 0.3) is 0 Å². The third kappa shape index (κ3) is 2.90. The largest absolute Gasteiger partial charge is 0.478 e. The van der Waals surface area contributed by atoms with Gasteiger partial charge in [0.2, 0.25) is 5.88 Å². The topological polar surface area (TPSA) is 37.4 Å². The summed E-state index contributed by atoms with van der Waals surface area (Å²) in [6.07, 6.45) is 6.54. The Labute approximate surface area is 121 Å². The molecule has 0 radical (unpaired) electrons. The molecule has 0 saturated carbocycles. The fraction of sp³-hybridized carbons (Fsp3) is 0.688. The van der Waals surface area contributed by atoms with E-state index in [1.807, 2.05) is 25.1 Å². The number of hydrogen-bond acceptors (Lipinski definition) is 4. The van der Waals surface area contributed by atoms with Crippen molar-refractivity contribution >= 4 is 5.82 Å². The monoisotopic (exact) mass is 275 g/mol. The van der Waals surface area contributed by atoms with Gasteiger partial charge in [0.05, 0.1) is 6.61 Å². The molecule has 2 atom stereocenters. The molecule has 1 aromatic rings. The molecule has 110 valence electrons. The number of pyridine rings is 1. The minimum Gasteiger partial charge on any atom is -0.478 e. The first kappa shape index (κ1) is 13.7. The van der Waals surface area contributed by atoms with Crippen LogP contribution in [0, 0.1) is 0 Å². The first-order valence-corrected chi connectivity index (χ1v) is 7.84. The molecule has 3 rings (SSSR count). The van der Waals surface area contributed by atoms with Crippen molar-refractivity contribution in [3.8, 4) is 5.88 Å². The summed E-state index contributed by atoms with van der Waals surface area (Å²) in [4.78, 5) is 7.11. The minimum absolute atomic E-state index is 0.547. The molecule has 1 N–H and O–H groups in total. The van der Waals surface area contributed by atoms with E-state index < -0.39 is 0 Å². The predicted octanol–water partition coefficient (Wildman–Crippen LogP) is 2.91. The van der Waals surface area contributed by atoms with Gasteiger partial charge in [0.1, 0.15) is 5.82 Å². The van der Waals surface area contributed by atoms with Crippen LogP contribution in [-0.4, -0.2) is 41.7 Å². The van der Waals surface area contributed by atoms with Crippen LogP contribution in [-0.2, 0) is 0 Å². The average Bonchev–Trinajstić information content (AvgIpc) is 2.41. The second kappa shape index (κ2) is 6.00. The van der Waals surface area contributed by atoms with E-state index in [-0.39, 0.29) is 0 Å². The van der Waals surface area contributed by atoms with Gasteiger partial charge in [-0.3, -0.25) is 0 Å². The number of rotatable bonds is 4. The smallest absolute Gasteiger partial charge is 0.215 e. The predicted molar refractivity (Wildman–Crippen MR) is 81.2 cm³/mol. The van der Waals surface area contributed by atoms with Crippen molar-refractivity contribution in [3.63, 3.8) is 0 Å². The number of anilines is 1. The zero-order valence-electron chi connectivity index (χ0n) is 12.5. The zero-order chi connectivity index (χ0) is 13.9. The molecule has 3 heterocycles. The maximum Gasteiger partial charge on any atom is 0.215 e. The van der Waals surface area contributed by atoms with Crippen LogP contribution in [0.5, 0.6) is 5.88 Å². The van der Waals surface area contributed by atoms with Crippen molar-refractivity contribution in [2.75, 3.05) is 19.0 Å². The van der Waals surface area contributed by atoms with Crippen LogP contribution in [0.4, 0.5) is 5.82 Å². The van der Waals surface area contributed by atoms with Gasteiger partial charge in [0, 0.05) is 24.2 Å². The summed E-state index contributed by atoms with van der Waals surface area (Å²) < 4.78 is 5.47. The molecule has 0 spiro atoms. The van der Waals surface area contributed by atoms with Gasteiger partial charge in [0.15, 0.2) is 0 Å². The summed E-state index contributed by atoms with van der Waals surface area (Å²) >= 11 is 0. The van der Waals surface area contributed by atoms with Gasteiger partial charge < -0.3 is 15.0 Å². The third-order valence-electron chi connectivity index (χ3n) is 4.71. The Morgan fingerprint density at radius 1 is 1.30 bits per heavy atom. The van der Waals surface area contributed by atoms with E-state index in [9.17, 15) is 0 Å². The molecule has 2 aliphatic rings. The summed E-state index contributed by atoms with van der Waals surface area (Å²) in [5.41, 5.74) is 0. The quantitative estimate of drug-likeness (QED) is 0.917. The molecule has 0 aliphatic carbocycles. The van der Waals surface area contributed by atoms with Crippen molar-refractivity contribution in [2.45, 2.75) is 57.2 Å². The van der Waals surface area contributed by atoms with Crippen molar-refractivity contribution in [2.24, 2.45) is 0 Å². The summed E-state index contributed by atoms with van der Waals surface area (Å²) in [5.74, 6) is 1.66. The number of piperidine rings is 2. The molecule has 2 saturated heterocycles. The second-order valence-electron chi connectivity index (χ2n) is 6.01. The second-order valence-corrected chi connectivity index (χ2v) is 6.01. The number of fused-ring (bicyclic) bond motifs is 2. The molecule has 20 heavy (non-hydrogen) atoms. The lowest BCUT2D eigenvalue weighted by Crippen LogP contribution is -2.52. The lowest BCUT2D eigenvalue weighted by Gasteiger charge is -2.47. The van der Waals surface area contributed by atoms with E-state index in [0.29, 0.717) is 18.5 Å². The fourth-order valence-corrected chi connectivity index (χ4v) is 3.67. The van der Waals surface area contributed by atoms with Crippen LogP contribution in [0.1, 0.15) is 39.0 Å². The lowest BCUT2D eigenvalue weighted by molar-refractivity contribution is 0.0608. The van der Waals surface area contributed by atoms with Gasteiger partial charge >= 0.3 is 0 Å². The Morgan fingerprint density at radius 3 is 2.75 bits per heavy atom. The molecule has 1 aromatic heterocycles. The molecule has 0 aromatic carbocycles. The van der Waals surface area contributed by atoms with E-state index in [1.54, 1.807) is 0 Å². The Hall–Kier alpha value is -1.29. The maximum absolute atomic E-state index is 5.47. The molecular weight excluding hydrogens is 250 g/mol. The van der Waals surface area contributed by atoms with E-state index in [4.69, 9.17) is 4.74 Å². The summed E-state index contributed by atoms with van der Waals surface area (Å²) in [6, 6.07) is 8.00. The van der Waals surface area contributed by atoms with Crippen LogP contribution < -0.4 is 10.1 Å². The number of ether oxygens (including phenoxy) is 1. The highest BCUT2D eigenvalue weighted by atomic mass is 16.5. The Morgan fingerprint density at radius 2 is 2.05 bits per heavy atom. The van der Waals surface area contributed by atoms with Crippen molar-refractivity contribution in [1.82, 2.24) is 9.88 Å². The SMILES string of the molecule is CCOc1cccc(NC2CC3CCCC(C2)N3C)n1. The summed E-state index contributed by atoms with van der Waals surface area (Å²) in [7, 11) is 2.29. The zero-order valence-corrected chi connectivity index (χ0v) is 12.5. The third-order valence-corrected chi connectivity index (χ3v) is 4.71. The van der Waals surface area contributed by atoms with Crippen molar-refractivity contribution < 1.29 is 4.74 Å². The van der Waals surface area contributed by atoms with Gasteiger partial charge in [-0.25, -0.2) is 0 Å². The summed E-state index contributed by atoms with van der Waals surface area (Å²) in [6.45, 7) is 2.65. The lowest BCUT2D eigenvalue weighted by atomic mass is 9.82. The highest BCUT2D eigenvalue weighted by Gasteiger charge is 2.35. The van der Waals surface area contributed by atoms with Crippen molar-refractivity contribution in [1.29, 1.82) is 0 Å². The average molecular weight is 275 g/mol.